The maximum Gasteiger partial charge on any atom is 0.124 e. The Morgan fingerprint density at radius 2 is 2.05 bits per heavy atom. The molecule has 3 N–H and O–H groups in total. The average molecular weight is 257 g/mol. The Hall–Kier alpha value is -2.74. The van der Waals surface area contributed by atoms with Gasteiger partial charge in [0.1, 0.15) is 17.6 Å². The third-order valence-electron chi connectivity index (χ3n) is 2.55. The molecule has 0 fully saturated rings. The smallest absolute Gasteiger partial charge is 0.124 e. The maximum absolute atomic E-state index is 13.0. The lowest BCUT2D eigenvalue weighted by molar-refractivity contribution is 0.415. The number of methoxy groups -OCH3 is 1. The number of rotatable bonds is 3. The first-order chi connectivity index (χ1) is 9.12. The Morgan fingerprint density at radius 1 is 1.26 bits per heavy atom. The highest BCUT2D eigenvalue weighted by molar-refractivity contribution is 5.70. The van der Waals surface area contributed by atoms with Gasteiger partial charge in [-0.1, -0.05) is 0 Å². The van der Waals surface area contributed by atoms with E-state index in [1.54, 1.807) is 18.2 Å². The first kappa shape index (κ1) is 12.7. The van der Waals surface area contributed by atoms with E-state index in [1.165, 1.54) is 25.3 Å². The van der Waals surface area contributed by atoms with E-state index >= 15 is 0 Å². The number of hydrogen-bond donors (Lipinski definition) is 2. The molecule has 0 aliphatic rings. The topological polar surface area (TPSA) is 71.1 Å². The van der Waals surface area contributed by atoms with E-state index in [0.717, 1.165) is 0 Å². The summed E-state index contributed by atoms with van der Waals surface area (Å²) in [4.78, 5) is 0. The van der Waals surface area contributed by atoms with Crippen molar-refractivity contribution in [3.63, 3.8) is 0 Å². The van der Waals surface area contributed by atoms with Gasteiger partial charge in [0, 0.05) is 23.5 Å². The lowest BCUT2D eigenvalue weighted by Gasteiger charge is -2.10. The van der Waals surface area contributed by atoms with Crippen LogP contribution in [0.1, 0.15) is 5.56 Å². The molecule has 19 heavy (non-hydrogen) atoms. The van der Waals surface area contributed by atoms with Crippen molar-refractivity contribution in [2.45, 2.75) is 0 Å². The molecule has 0 saturated heterocycles. The van der Waals surface area contributed by atoms with Crippen LogP contribution in [-0.2, 0) is 0 Å². The summed E-state index contributed by atoms with van der Waals surface area (Å²) in [6.07, 6.45) is 0. The van der Waals surface area contributed by atoms with Crippen LogP contribution in [0.15, 0.2) is 36.4 Å². The summed E-state index contributed by atoms with van der Waals surface area (Å²) in [5, 5.41) is 12.0. The number of nitrogens with one attached hydrogen (secondary N) is 1. The molecule has 2 aromatic carbocycles. The van der Waals surface area contributed by atoms with Gasteiger partial charge < -0.3 is 15.8 Å². The Balaban J connectivity index is 2.36. The van der Waals surface area contributed by atoms with Crippen molar-refractivity contribution in [3.8, 4) is 11.8 Å². The molecular weight excluding hydrogens is 245 g/mol. The van der Waals surface area contributed by atoms with E-state index in [0.29, 0.717) is 22.8 Å². The fraction of sp³-hybridized carbons (Fsp3) is 0.0714. The molecular formula is C14H12FN3O. The summed E-state index contributed by atoms with van der Waals surface area (Å²) >= 11 is 0. The molecule has 0 aliphatic carbocycles. The Labute approximate surface area is 110 Å². The van der Waals surface area contributed by atoms with E-state index in [2.05, 4.69) is 5.32 Å². The van der Waals surface area contributed by atoms with Crippen LogP contribution < -0.4 is 15.8 Å². The molecule has 0 bridgehead atoms. The highest BCUT2D eigenvalue weighted by Gasteiger charge is 2.05. The molecule has 96 valence electrons. The van der Waals surface area contributed by atoms with Crippen LogP contribution in [0.5, 0.6) is 5.75 Å². The van der Waals surface area contributed by atoms with Gasteiger partial charge in [0.2, 0.25) is 0 Å². The molecule has 2 aromatic rings. The molecule has 4 nitrogen and oxygen atoms in total. The number of ether oxygens (including phenoxy) is 1. The number of halogens is 1. The Bertz CT molecular complexity index is 650. The second kappa shape index (κ2) is 5.27. The second-order valence-electron chi connectivity index (χ2n) is 3.92. The van der Waals surface area contributed by atoms with Crippen molar-refractivity contribution in [1.29, 1.82) is 5.26 Å². The van der Waals surface area contributed by atoms with Gasteiger partial charge in [-0.25, -0.2) is 4.39 Å². The fourth-order valence-electron chi connectivity index (χ4n) is 1.69. The van der Waals surface area contributed by atoms with Crippen molar-refractivity contribution in [2.75, 3.05) is 18.2 Å². The summed E-state index contributed by atoms with van der Waals surface area (Å²) in [5.74, 6) is 0.148. The lowest BCUT2D eigenvalue weighted by Crippen LogP contribution is -1.97. The van der Waals surface area contributed by atoms with E-state index in [9.17, 15) is 4.39 Å². The van der Waals surface area contributed by atoms with Gasteiger partial charge in [-0.3, -0.25) is 0 Å². The summed E-state index contributed by atoms with van der Waals surface area (Å²) in [6, 6.07) is 11.0. The Morgan fingerprint density at radius 3 is 2.74 bits per heavy atom. The third-order valence-corrected chi connectivity index (χ3v) is 2.55. The minimum absolute atomic E-state index is 0.224. The zero-order valence-electron chi connectivity index (χ0n) is 10.3. The van der Waals surface area contributed by atoms with Crippen LogP contribution in [-0.4, -0.2) is 7.11 Å². The highest BCUT2D eigenvalue weighted by Crippen LogP contribution is 2.27. The molecule has 0 spiro atoms. The minimum atomic E-state index is -0.452. The van der Waals surface area contributed by atoms with Crippen molar-refractivity contribution >= 4 is 17.1 Å². The van der Waals surface area contributed by atoms with E-state index in [1.807, 2.05) is 6.07 Å². The molecule has 0 radical (unpaired) electrons. The molecule has 0 heterocycles. The normalized spacial score (nSPS) is 9.74. The highest BCUT2D eigenvalue weighted by atomic mass is 19.1. The number of nitrogens with two attached hydrogens (primary N) is 1. The minimum Gasteiger partial charge on any atom is -0.497 e. The molecule has 0 saturated carbocycles. The van der Waals surface area contributed by atoms with E-state index in [-0.39, 0.29) is 5.56 Å². The monoisotopic (exact) mass is 257 g/mol. The average Bonchev–Trinajstić information content (AvgIpc) is 2.40. The van der Waals surface area contributed by atoms with Crippen LogP contribution in [0.2, 0.25) is 0 Å². The molecule has 0 aromatic heterocycles. The van der Waals surface area contributed by atoms with E-state index in [4.69, 9.17) is 15.7 Å². The maximum atomic E-state index is 13.0. The fourth-order valence-corrected chi connectivity index (χ4v) is 1.69. The zero-order chi connectivity index (χ0) is 13.8. The van der Waals surface area contributed by atoms with Gasteiger partial charge >= 0.3 is 0 Å². The standard InChI is InChI=1S/C14H12FN3O/c1-19-13-6-11(17)5-12(7-13)18-14-3-2-10(15)4-9(14)8-16/h2-7,18H,17H2,1H3. The largest absolute Gasteiger partial charge is 0.497 e. The van der Waals surface area contributed by atoms with Crippen LogP contribution in [0.3, 0.4) is 0 Å². The van der Waals surface area contributed by atoms with Crippen LogP contribution in [0, 0.1) is 17.1 Å². The van der Waals surface area contributed by atoms with Gasteiger partial charge in [0.25, 0.3) is 0 Å². The van der Waals surface area contributed by atoms with Crippen molar-refractivity contribution in [1.82, 2.24) is 0 Å². The number of anilines is 3. The first-order valence-electron chi connectivity index (χ1n) is 5.53. The number of hydrogen-bond acceptors (Lipinski definition) is 4. The van der Waals surface area contributed by atoms with Crippen LogP contribution in [0.4, 0.5) is 21.5 Å². The molecule has 5 heteroatoms. The zero-order valence-corrected chi connectivity index (χ0v) is 10.3. The van der Waals surface area contributed by atoms with Crippen molar-refractivity contribution in [2.24, 2.45) is 0 Å². The number of benzene rings is 2. The molecule has 0 unspecified atom stereocenters. The number of nitrogen functional groups attached to an aromatic ring is 1. The van der Waals surface area contributed by atoms with Gasteiger partial charge in [-0.15, -0.1) is 0 Å². The van der Waals surface area contributed by atoms with Gasteiger partial charge in [-0.05, 0) is 24.3 Å². The lowest BCUT2D eigenvalue weighted by atomic mass is 10.1. The predicted octanol–water partition coefficient (Wildman–Crippen LogP) is 3.03. The summed E-state index contributed by atoms with van der Waals surface area (Å²) in [5.41, 5.74) is 7.67. The third kappa shape index (κ3) is 2.93. The molecule has 2 rings (SSSR count). The first-order valence-corrected chi connectivity index (χ1v) is 5.53. The predicted molar refractivity (Wildman–Crippen MR) is 71.8 cm³/mol. The van der Waals surface area contributed by atoms with Crippen LogP contribution >= 0.6 is 0 Å². The quantitative estimate of drug-likeness (QED) is 0.829. The van der Waals surface area contributed by atoms with Gasteiger partial charge in [-0.2, -0.15) is 5.26 Å². The number of nitrogens with zero attached hydrogens (tertiary/aromatic N) is 1. The summed E-state index contributed by atoms with van der Waals surface area (Å²) in [7, 11) is 1.54. The van der Waals surface area contributed by atoms with Gasteiger partial charge in [0.15, 0.2) is 0 Å². The molecule has 0 aliphatic heterocycles. The van der Waals surface area contributed by atoms with E-state index < -0.39 is 5.82 Å². The second-order valence-corrected chi connectivity index (χ2v) is 3.92. The molecule has 0 atom stereocenters. The van der Waals surface area contributed by atoms with Crippen molar-refractivity contribution < 1.29 is 9.13 Å². The van der Waals surface area contributed by atoms with Crippen molar-refractivity contribution in [3.05, 3.63) is 47.8 Å². The molecule has 0 amide bonds. The Kier molecular flexibility index (Phi) is 3.53. The van der Waals surface area contributed by atoms with Crippen LogP contribution in [0.25, 0.3) is 0 Å². The van der Waals surface area contributed by atoms with Gasteiger partial charge in [0.05, 0.1) is 18.4 Å². The summed E-state index contributed by atoms with van der Waals surface area (Å²) < 4.78 is 18.1. The number of nitriles is 1. The SMILES string of the molecule is COc1cc(N)cc(Nc2ccc(F)cc2C#N)c1. The summed E-state index contributed by atoms with van der Waals surface area (Å²) in [6.45, 7) is 0.